The first-order valence-electron chi connectivity index (χ1n) is 7.79. The molecule has 124 valence electrons. The zero-order valence-corrected chi connectivity index (χ0v) is 14.1. The molecule has 0 saturated carbocycles. The van der Waals surface area contributed by atoms with Gasteiger partial charge < -0.3 is 5.32 Å². The van der Waals surface area contributed by atoms with Gasteiger partial charge in [-0.15, -0.1) is 5.10 Å². The van der Waals surface area contributed by atoms with Crippen molar-refractivity contribution in [2.24, 2.45) is 0 Å². The summed E-state index contributed by atoms with van der Waals surface area (Å²) in [5.41, 5.74) is 0.920. The maximum Gasteiger partial charge on any atom is 0.343 e. The number of hydrogen-bond acceptors (Lipinski definition) is 4. The molecule has 0 saturated heterocycles. The van der Waals surface area contributed by atoms with E-state index in [1.807, 2.05) is 30.3 Å². The molecule has 1 aromatic carbocycles. The van der Waals surface area contributed by atoms with Crippen LogP contribution in [-0.4, -0.2) is 33.0 Å². The lowest BCUT2D eigenvalue weighted by molar-refractivity contribution is -0.118. The fourth-order valence-corrected chi connectivity index (χ4v) is 2.88. The van der Waals surface area contributed by atoms with E-state index in [0.717, 1.165) is 24.8 Å². The average Bonchev–Trinajstić information content (AvgIpc) is 2.92. The Bertz CT molecular complexity index is 666. The van der Waals surface area contributed by atoms with Crippen LogP contribution in [0, 0.1) is 0 Å². The normalized spacial score (nSPS) is 10.7. The first-order chi connectivity index (χ1) is 11.2. The Kier molecular flexibility index (Phi) is 6.93. The van der Waals surface area contributed by atoms with Gasteiger partial charge in [0.15, 0.2) is 5.16 Å². The molecule has 0 bridgehead atoms. The average molecular weight is 334 g/mol. The van der Waals surface area contributed by atoms with Gasteiger partial charge in [-0.25, -0.2) is 9.89 Å². The number of aryl methyl sites for hydroxylation is 1. The van der Waals surface area contributed by atoms with Crippen LogP contribution in [0.15, 0.2) is 40.3 Å². The van der Waals surface area contributed by atoms with Crippen molar-refractivity contribution in [3.05, 3.63) is 46.4 Å². The number of aromatic amines is 1. The van der Waals surface area contributed by atoms with Crippen molar-refractivity contribution in [3.63, 3.8) is 0 Å². The first-order valence-corrected chi connectivity index (χ1v) is 8.78. The molecular formula is C16H22N4O2S. The van der Waals surface area contributed by atoms with E-state index in [9.17, 15) is 9.59 Å². The molecule has 0 aliphatic carbocycles. The molecular weight excluding hydrogens is 312 g/mol. The third kappa shape index (κ3) is 5.59. The summed E-state index contributed by atoms with van der Waals surface area (Å²) >= 11 is 1.28. The number of rotatable bonds is 9. The highest BCUT2D eigenvalue weighted by Crippen LogP contribution is 2.13. The number of carbonyl (C=O) groups excluding carboxylic acids is 1. The van der Waals surface area contributed by atoms with Crippen molar-refractivity contribution < 1.29 is 4.79 Å². The van der Waals surface area contributed by atoms with Crippen LogP contribution >= 0.6 is 11.8 Å². The Morgan fingerprint density at radius 3 is 2.87 bits per heavy atom. The van der Waals surface area contributed by atoms with Crippen LogP contribution in [0.2, 0.25) is 0 Å². The number of amides is 1. The molecule has 1 amide bonds. The van der Waals surface area contributed by atoms with Crippen LogP contribution in [0.1, 0.15) is 25.3 Å². The summed E-state index contributed by atoms with van der Waals surface area (Å²) in [4.78, 5) is 23.6. The monoisotopic (exact) mass is 334 g/mol. The first kappa shape index (κ1) is 17.3. The van der Waals surface area contributed by atoms with Crippen LogP contribution in [0.4, 0.5) is 0 Å². The number of benzene rings is 1. The second kappa shape index (κ2) is 9.19. The van der Waals surface area contributed by atoms with Crippen LogP contribution < -0.4 is 11.0 Å². The van der Waals surface area contributed by atoms with Crippen molar-refractivity contribution in [2.45, 2.75) is 37.9 Å². The Morgan fingerprint density at radius 2 is 2.13 bits per heavy atom. The molecule has 2 rings (SSSR count). The molecule has 7 heteroatoms. The minimum Gasteiger partial charge on any atom is -0.355 e. The number of unbranched alkanes of at least 4 members (excludes halogenated alkanes) is 1. The summed E-state index contributed by atoms with van der Waals surface area (Å²) < 4.78 is 1.58. The molecule has 2 aromatic rings. The van der Waals surface area contributed by atoms with E-state index >= 15 is 0 Å². The van der Waals surface area contributed by atoms with Crippen molar-refractivity contribution in [1.82, 2.24) is 20.1 Å². The van der Waals surface area contributed by atoms with Gasteiger partial charge >= 0.3 is 5.69 Å². The number of hydrogen-bond donors (Lipinski definition) is 2. The summed E-state index contributed by atoms with van der Waals surface area (Å²) in [5, 5.41) is 9.86. The lowest BCUT2D eigenvalue weighted by atomic mass is 10.1. The third-order valence-corrected chi connectivity index (χ3v) is 4.35. The standard InChI is InChI=1S/C16H22N4O2S/c1-2-3-10-17-14(21)12-23-16-19-18-15(22)20(16)11-9-13-7-5-4-6-8-13/h4-8H,2-3,9-12H2,1H3,(H,17,21)(H,18,22). The molecule has 0 unspecified atom stereocenters. The molecule has 0 aliphatic rings. The zero-order valence-electron chi connectivity index (χ0n) is 13.2. The quantitative estimate of drug-likeness (QED) is 0.541. The summed E-state index contributed by atoms with van der Waals surface area (Å²) in [6.45, 7) is 3.31. The Labute approximate surface area is 139 Å². The molecule has 2 N–H and O–H groups in total. The number of H-pyrrole nitrogens is 1. The number of thioether (sulfide) groups is 1. The molecule has 0 radical (unpaired) electrons. The predicted molar refractivity (Wildman–Crippen MR) is 91.6 cm³/mol. The number of nitrogens with zero attached hydrogens (tertiary/aromatic N) is 2. The van der Waals surface area contributed by atoms with Crippen LogP contribution in [0.25, 0.3) is 0 Å². The predicted octanol–water partition coefficient (Wildman–Crippen LogP) is 1.82. The van der Waals surface area contributed by atoms with Crippen molar-refractivity contribution in [2.75, 3.05) is 12.3 Å². The number of nitrogens with one attached hydrogen (secondary N) is 2. The molecule has 0 aliphatic heterocycles. The molecule has 0 fully saturated rings. The highest BCUT2D eigenvalue weighted by Gasteiger charge is 2.11. The van der Waals surface area contributed by atoms with Crippen molar-refractivity contribution in [3.8, 4) is 0 Å². The van der Waals surface area contributed by atoms with Crippen LogP contribution in [0.5, 0.6) is 0 Å². The highest BCUT2D eigenvalue weighted by atomic mass is 32.2. The van der Waals surface area contributed by atoms with E-state index in [2.05, 4.69) is 22.4 Å². The highest BCUT2D eigenvalue weighted by molar-refractivity contribution is 7.99. The second-order valence-electron chi connectivity index (χ2n) is 5.19. The van der Waals surface area contributed by atoms with E-state index in [1.165, 1.54) is 11.8 Å². The Morgan fingerprint density at radius 1 is 1.35 bits per heavy atom. The van der Waals surface area contributed by atoms with Crippen LogP contribution in [0.3, 0.4) is 0 Å². The third-order valence-electron chi connectivity index (χ3n) is 3.38. The topological polar surface area (TPSA) is 79.8 Å². The molecule has 6 nitrogen and oxygen atoms in total. The number of aromatic nitrogens is 3. The van der Waals surface area contributed by atoms with Gasteiger partial charge in [0.05, 0.1) is 5.75 Å². The lowest BCUT2D eigenvalue weighted by Crippen LogP contribution is -2.26. The van der Waals surface area contributed by atoms with Gasteiger partial charge in [0.25, 0.3) is 0 Å². The van der Waals surface area contributed by atoms with E-state index in [4.69, 9.17) is 0 Å². The minimum atomic E-state index is -0.241. The summed E-state index contributed by atoms with van der Waals surface area (Å²) in [6, 6.07) is 9.97. The lowest BCUT2D eigenvalue weighted by Gasteiger charge is -2.06. The maximum atomic E-state index is 11.8. The fourth-order valence-electron chi connectivity index (χ4n) is 2.08. The van der Waals surface area contributed by atoms with Crippen molar-refractivity contribution in [1.29, 1.82) is 0 Å². The fraction of sp³-hybridized carbons (Fsp3) is 0.438. The van der Waals surface area contributed by atoms with Gasteiger partial charge in [-0.3, -0.25) is 9.36 Å². The molecule has 0 spiro atoms. The molecule has 1 heterocycles. The zero-order chi connectivity index (χ0) is 16.5. The molecule has 23 heavy (non-hydrogen) atoms. The second-order valence-corrected chi connectivity index (χ2v) is 6.13. The Balaban J connectivity index is 1.88. The van der Waals surface area contributed by atoms with Crippen molar-refractivity contribution >= 4 is 17.7 Å². The summed E-state index contributed by atoms with van der Waals surface area (Å²) in [5.74, 6) is 0.229. The number of carbonyl (C=O) groups is 1. The van der Waals surface area contributed by atoms with Gasteiger partial charge in [-0.1, -0.05) is 55.4 Å². The molecule has 1 aromatic heterocycles. The maximum absolute atomic E-state index is 11.8. The largest absolute Gasteiger partial charge is 0.355 e. The van der Waals surface area contributed by atoms with Crippen LogP contribution in [-0.2, 0) is 17.8 Å². The van der Waals surface area contributed by atoms with E-state index in [-0.39, 0.29) is 17.3 Å². The van der Waals surface area contributed by atoms with E-state index < -0.39 is 0 Å². The van der Waals surface area contributed by atoms with Gasteiger partial charge in [0.1, 0.15) is 0 Å². The van der Waals surface area contributed by atoms with Gasteiger partial charge in [0.2, 0.25) is 5.91 Å². The van der Waals surface area contributed by atoms with E-state index in [1.54, 1.807) is 4.57 Å². The minimum absolute atomic E-state index is 0.0338. The summed E-state index contributed by atoms with van der Waals surface area (Å²) in [7, 11) is 0. The SMILES string of the molecule is CCCCNC(=O)CSc1n[nH]c(=O)n1CCc1ccccc1. The smallest absolute Gasteiger partial charge is 0.343 e. The molecule has 0 atom stereocenters. The van der Waals surface area contributed by atoms with Gasteiger partial charge in [-0.05, 0) is 18.4 Å². The van der Waals surface area contributed by atoms with Gasteiger partial charge in [0, 0.05) is 13.1 Å². The Hall–Kier alpha value is -2.02. The van der Waals surface area contributed by atoms with E-state index in [0.29, 0.717) is 18.2 Å². The summed E-state index contributed by atoms with van der Waals surface area (Å²) in [6.07, 6.45) is 2.77. The van der Waals surface area contributed by atoms with Gasteiger partial charge in [-0.2, -0.15) is 0 Å².